The number of aryl methyl sites for hydroxylation is 1. The average Bonchev–Trinajstić information content (AvgIpc) is 3.34. The monoisotopic (exact) mass is 716 g/mol. The molecule has 0 unspecified atom stereocenters. The van der Waals surface area contributed by atoms with Crippen molar-refractivity contribution in [1.29, 1.82) is 0 Å². The van der Waals surface area contributed by atoms with Gasteiger partial charge < -0.3 is 24.6 Å². The number of rotatable bonds is 10. The Morgan fingerprint density at radius 2 is 1.62 bits per heavy atom. The Hall–Kier alpha value is -2.42. The van der Waals surface area contributed by atoms with E-state index in [1.54, 1.807) is 0 Å². The molecule has 0 aliphatic carbocycles. The van der Waals surface area contributed by atoms with E-state index >= 15 is 0 Å². The summed E-state index contributed by atoms with van der Waals surface area (Å²) in [4.78, 5) is 52.2. The minimum absolute atomic E-state index is 0.0288. The lowest BCUT2D eigenvalue weighted by atomic mass is 9.89. The Bertz CT molecular complexity index is 1650. The van der Waals surface area contributed by atoms with Gasteiger partial charge in [-0.3, -0.25) is 19.0 Å². The summed E-state index contributed by atoms with van der Waals surface area (Å²) in [5.74, 6) is -1.09. The van der Waals surface area contributed by atoms with Crippen molar-refractivity contribution in [3.63, 3.8) is 0 Å². The average molecular weight is 717 g/mol. The Labute approximate surface area is 279 Å². The SMILES string of the molecule is CNC(=O)CCCC(=O)n1c(=O)c(C)cn([C@@H]2O[C@H](CO[Si](C)(C)C(C)(C)C)[C@@]3(OS(=O)(=O)C=C3N)[C@H]2O[Si](C)(C)C(C)(C)C)c1=O. The van der Waals surface area contributed by atoms with Crippen LogP contribution in [-0.2, 0) is 32.7 Å². The van der Waals surface area contributed by atoms with Gasteiger partial charge in [0.15, 0.2) is 28.5 Å². The van der Waals surface area contributed by atoms with Crippen molar-refractivity contribution < 1.29 is 35.8 Å². The summed E-state index contributed by atoms with van der Waals surface area (Å²) in [5, 5.41) is 2.70. The first kappa shape index (κ1) is 39.0. The summed E-state index contributed by atoms with van der Waals surface area (Å²) >= 11 is 0. The summed E-state index contributed by atoms with van der Waals surface area (Å²) < 4.78 is 53.4. The van der Waals surface area contributed by atoms with Crippen molar-refractivity contribution in [2.75, 3.05) is 13.7 Å². The molecule has 3 heterocycles. The molecule has 266 valence electrons. The number of hydrogen-bond acceptors (Lipinski definition) is 11. The van der Waals surface area contributed by atoms with Gasteiger partial charge in [-0.15, -0.1) is 0 Å². The van der Waals surface area contributed by atoms with Gasteiger partial charge in [0.1, 0.15) is 12.2 Å². The lowest BCUT2D eigenvalue weighted by Crippen LogP contribution is -2.59. The summed E-state index contributed by atoms with van der Waals surface area (Å²) in [7, 11) is -8.07. The Balaban J connectivity index is 2.26. The minimum atomic E-state index is -4.30. The van der Waals surface area contributed by atoms with Crippen molar-refractivity contribution in [3.05, 3.63) is 43.7 Å². The van der Waals surface area contributed by atoms with E-state index in [1.165, 1.54) is 20.2 Å². The quantitative estimate of drug-likeness (QED) is 0.268. The van der Waals surface area contributed by atoms with Gasteiger partial charge >= 0.3 is 5.69 Å². The van der Waals surface area contributed by atoms with Gasteiger partial charge in [-0.25, -0.2) is 8.98 Å². The summed E-state index contributed by atoms with van der Waals surface area (Å²) in [6.45, 7) is 21.4. The van der Waals surface area contributed by atoms with Crippen molar-refractivity contribution in [2.24, 2.45) is 5.73 Å². The number of hydrogen-bond donors (Lipinski definition) is 2. The summed E-state index contributed by atoms with van der Waals surface area (Å²) in [6.07, 6.45) is -2.70. The van der Waals surface area contributed by atoms with Gasteiger partial charge in [-0.05, 0) is 49.6 Å². The van der Waals surface area contributed by atoms with Crippen molar-refractivity contribution >= 4 is 38.6 Å². The zero-order chi connectivity index (χ0) is 36.1. The van der Waals surface area contributed by atoms with Crippen LogP contribution in [0.15, 0.2) is 26.9 Å². The number of aromatic nitrogens is 2. The highest BCUT2D eigenvalue weighted by atomic mass is 32.2. The maximum Gasteiger partial charge on any atom is 0.340 e. The van der Waals surface area contributed by atoms with Crippen LogP contribution in [0.3, 0.4) is 0 Å². The van der Waals surface area contributed by atoms with Gasteiger partial charge in [-0.1, -0.05) is 41.5 Å². The van der Waals surface area contributed by atoms with Crippen LogP contribution in [-0.4, -0.2) is 77.5 Å². The Morgan fingerprint density at radius 3 is 2.11 bits per heavy atom. The maximum absolute atomic E-state index is 14.1. The fourth-order valence-corrected chi connectivity index (χ4v) is 8.46. The molecule has 1 amide bonds. The lowest BCUT2D eigenvalue weighted by molar-refractivity contribution is -0.120. The molecule has 47 heavy (non-hydrogen) atoms. The first-order valence-corrected chi connectivity index (χ1v) is 23.0. The zero-order valence-electron chi connectivity index (χ0n) is 29.7. The molecule has 1 fully saturated rings. The van der Waals surface area contributed by atoms with Gasteiger partial charge in [0, 0.05) is 31.6 Å². The topological polar surface area (TPSA) is 187 Å². The number of nitrogens with one attached hydrogen (secondary N) is 1. The number of carbonyl (C=O) groups is 2. The smallest absolute Gasteiger partial charge is 0.340 e. The lowest BCUT2D eigenvalue weighted by Gasteiger charge is -2.43. The molecule has 1 aromatic heterocycles. The number of nitrogens with zero attached hydrogens (tertiary/aromatic N) is 2. The molecule has 14 nitrogen and oxygen atoms in total. The van der Waals surface area contributed by atoms with Crippen molar-refractivity contribution in [3.8, 4) is 0 Å². The van der Waals surface area contributed by atoms with E-state index in [0.717, 1.165) is 9.98 Å². The molecule has 1 spiro atoms. The zero-order valence-corrected chi connectivity index (χ0v) is 32.5. The van der Waals surface area contributed by atoms with E-state index in [0.29, 0.717) is 4.57 Å². The molecular weight excluding hydrogens is 665 g/mol. The van der Waals surface area contributed by atoms with Crippen LogP contribution >= 0.6 is 0 Å². The number of carbonyl (C=O) groups excluding carboxylic acids is 2. The van der Waals surface area contributed by atoms with Gasteiger partial charge in [0.2, 0.25) is 11.8 Å². The number of nitrogens with two attached hydrogens (primary N) is 1. The van der Waals surface area contributed by atoms with Gasteiger partial charge in [0.25, 0.3) is 15.7 Å². The van der Waals surface area contributed by atoms with Crippen LogP contribution < -0.4 is 22.3 Å². The molecule has 2 aliphatic rings. The number of ether oxygens (including phenoxy) is 1. The van der Waals surface area contributed by atoms with Crippen molar-refractivity contribution in [2.45, 2.75) is 128 Å². The molecule has 0 aromatic carbocycles. The van der Waals surface area contributed by atoms with Crippen LogP contribution in [0, 0.1) is 6.92 Å². The molecule has 1 saturated heterocycles. The fraction of sp³-hybridized carbons (Fsp3) is 0.733. The van der Waals surface area contributed by atoms with Gasteiger partial charge in [0.05, 0.1) is 17.7 Å². The van der Waals surface area contributed by atoms with Gasteiger partial charge in [-0.2, -0.15) is 13.0 Å². The highest BCUT2D eigenvalue weighted by Crippen LogP contribution is 2.52. The largest absolute Gasteiger partial charge is 0.414 e. The molecule has 4 atom stereocenters. The molecule has 0 saturated carbocycles. The van der Waals surface area contributed by atoms with Crippen LogP contribution in [0.25, 0.3) is 0 Å². The summed E-state index contributed by atoms with van der Waals surface area (Å²) in [6, 6.07) is 0. The molecule has 0 bridgehead atoms. The van der Waals surface area contributed by atoms with E-state index in [9.17, 15) is 27.6 Å². The molecule has 2 aliphatic heterocycles. The van der Waals surface area contributed by atoms with Crippen LogP contribution in [0.2, 0.25) is 36.3 Å². The molecule has 17 heteroatoms. The summed E-state index contributed by atoms with van der Waals surface area (Å²) in [5.41, 5.74) is 2.66. The van der Waals surface area contributed by atoms with Crippen molar-refractivity contribution in [1.82, 2.24) is 14.5 Å². The highest BCUT2D eigenvalue weighted by Gasteiger charge is 2.67. The highest BCUT2D eigenvalue weighted by molar-refractivity contribution is 7.90. The third kappa shape index (κ3) is 7.60. The molecule has 3 N–H and O–H groups in total. The Kier molecular flexibility index (Phi) is 10.9. The fourth-order valence-electron chi connectivity index (χ4n) is 4.95. The minimum Gasteiger partial charge on any atom is -0.414 e. The molecule has 3 rings (SSSR count). The van der Waals surface area contributed by atoms with E-state index in [4.69, 9.17) is 23.5 Å². The molecular formula is C30H52N4O10SSi2. The first-order valence-electron chi connectivity index (χ1n) is 15.7. The van der Waals surface area contributed by atoms with E-state index in [-0.39, 0.29) is 53.1 Å². The second kappa shape index (κ2) is 13.1. The van der Waals surface area contributed by atoms with E-state index in [2.05, 4.69) is 26.1 Å². The van der Waals surface area contributed by atoms with Crippen LogP contribution in [0.1, 0.15) is 77.4 Å². The maximum atomic E-state index is 14.1. The van der Waals surface area contributed by atoms with Crippen LogP contribution in [0.4, 0.5) is 0 Å². The van der Waals surface area contributed by atoms with E-state index < -0.39 is 67.9 Å². The number of amides is 1. The second-order valence-corrected chi connectivity index (χ2v) is 26.3. The third-order valence-electron chi connectivity index (χ3n) is 9.95. The standard InChI is InChI=1S/C30H52N4O10SSi2/c1-19-16-33(27(38)34(25(19)37)23(36)15-13-14-22(35)32-8)26-24(43-47(11,12)29(5,6)7)30(20(31)18-45(39,40)44-30)21(42-26)17-41-46(9,10)28(2,3)4/h16,18,21,24,26H,13-15,17,31H2,1-12H3,(H,32,35)/t21-,24+,26-,30-/m1/s1. The molecule has 1 aromatic rings. The second-order valence-electron chi connectivity index (χ2n) is 15.4. The Morgan fingerprint density at radius 1 is 1.04 bits per heavy atom. The van der Waals surface area contributed by atoms with E-state index in [1.807, 2.05) is 47.0 Å². The molecule has 0 radical (unpaired) electrons. The third-order valence-corrected chi connectivity index (χ3v) is 20.0. The normalized spacial score (nSPS) is 24.9. The predicted molar refractivity (Wildman–Crippen MR) is 182 cm³/mol. The first-order chi connectivity index (χ1) is 21.2. The predicted octanol–water partition coefficient (Wildman–Crippen LogP) is 3.08. The van der Waals surface area contributed by atoms with Crippen LogP contribution in [0.5, 0.6) is 0 Å².